The molecule has 0 atom stereocenters. The highest BCUT2D eigenvalue weighted by molar-refractivity contribution is 7.89. The van der Waals surface area contributed by atoms with Gasteiger partial charge in [0, 0.05) is 20.1 Å². The topological polar surface area (TPSA) is 78.1 Å². The monoisotopic (exact) mass is 300 g/mol. The highest BCUT2D eigenvalue weighted by Crippen LogP contribution is 2.31. The van der Waals surface area contributed by atoms with Crippen LogP contribution in [0.25, 0.3) is 0 Å². The Morgan fingerprint density at radius 2 is 2.15 bits per heavy atom. The van der Waals surface area contributed by atoms with Crippen LogP contribution in [0.1, 0.15) is 37.6 Å². The van der Waals surface area contributed by atoms with Crippen LogP contribution in [-0.4, -0.2) is 43.1 Å². The lowest BCUT2D eigenvalue weighted by atomic mass is 10.3. The van der Waals surface area contributed by atoms with Gasteiger partial charge in [-0.1, -0.05) is 6.92 Å². The summed E-state index contributed by atoms with van der Waals surface area (Å²) in [4.78, 5) is 0.337. The first-order chi connectivity index (χ1) is 9.46. The van der Waals surface area contributed by atoms with Gasteiger partial charge in [0.05, 0.1) is 11.4 Å². The van der Waals surface area contributed by atoms with Crippen molar-refractivity contribution in [2.24, 2.45) is 5.92 Å². The Morgan fingerprint density at radius 1 is 1.45 bits per heavy atom. The van der Waals surface area contributed by atoms with Crippen LogP contribution < -0.4 is 5.32 Å². The normalized spacial score (nSPS) is 16.0. The van der Waals surface area contributed by atoms with Crippen LogP contribution in [0, 0.1) is 12.8 Å². The number of aryl methyl sites for hydroxylation is 1. The molecule has 0 radical (unpaired) electrons. The molecule has 0 amide bonds. The van der Waals surface area contributed by atoms with Crippen molar-refractivity contribution >= 4 is 10.0 Å². The summed E-state index contributed by atoms with van der Waals surface area (Å²) in [7, 11) is -1.79. The van der Waals surface area contributed by atoms with E-state index in [1.807, 2.05) is 0 Å². The van der Waals surface area contributed by atoms with Crippen molar-refractivity contribution in [3.8, 4) is 0 Å². The fourth-order valence-corrected chi connectivity index (χ4v) is 3.80. The van der Waals surface area contributed by atoms with Gasteiger partial charge in [-0.2, -0.15) is 5.10 Å². The molecular formula is C13H24N4O2S. The fourth-order valence-electron chi connectivity index (χ4n) is 2.23. The smallest absolute Gasteiger partial charge is 0.246 e. The molecule has 20 heavy (non-hydrogen) atoms. The van der Waals surface area contributed by atoms with Gasteiger partial charge < -0.3 is 5.32 Å². The quantitative estimate of drug-likeness (QED) is 0.708. The summed E-state index contributed by atoms with van der Waals surface area (Å²) < 4.78 is 26.8. The first-order valence-corrected chi connectivity index (χ1v) is 8.61. The number of aromatic nitrogens is 2. The van der Waals surface area contributed by atoms with Gasteiger partial charge in [-0.25, -0.2) is 12.7 Å². The van der Waals surface area contributed by atoms with Crippen LogP contribution >= 0.6 is 0 Å². The molecule has 0 aliphatic heterocycles. The third kappa shape index (κ3) is 3.39. The van der Waals surface area contributed by atoms with E-state index in [1.54, 1.807) is 14.0 Å². The second-order valence-electron chi connectivity index (χ2n) is 5.53. The van der Waals surface area contributed by atoms with Gasteiger partial charge in [-0.15, -0.1) is 0 Å². The third-order valence-electron chi connectivity index (χ3n) is 3.56. The van der Waals surface area contributed by atoms with Crippen molar-refractivity contribution in [1.29, 1.82) is 0 Å². The molecule has 1 saturated carbocycles. The van der Waals surface area contributed by atoms with Crippen LogP contribution in [0.3, 0.4) is 0 Å². The van der Waals surface area contributed by atoms with E-state index in [-0.39, 0.29) is 0 Å². The largest absolute Gasteiger partial charge is 0.311 e. The Hall–Kier alpha value is -0.920. The van der Waals surface area contributed by atoms with Crippen LogP contribution in [0.15, 0.2) is 4.90 Å². The molecule has 1 heterocycles. The van der Waals surface area contributed by atoms with Gasteiger partial charge in [0.2, 0.25) is 10.0 Å². The van der Waals surface area contributed by atoms with Crippen molar-refractivity contribution in [3.05, 3.63) is 11.4 Å². The summed E-state index contributed by atoms with van der Waals surface area (Å²) in [6.45, 7) is 5.76. The Morgan fingerprint density at radius 3 is 2.75 bits per heavy atom. The second-order valence-corrected chi connectivity index (χ2v) is 7.51. The predicted octanol–water partition coefficient (Wildman–Crippen LogP) is 1.25. The SMILES string of the molecule is CCCNCc1n[nH]c(C)c1S(=O)(=O)N(C)CC1CC1. The molecule has 1 aromatic heterocycles. The minimum atomic E-state index is -3.45. The maximum atomic E-state index is 12.7. The molecule has 1 aliphatic rings. The maximum absolute atomic E-state index is 12.7. The highest BCUT2D eigenvalue weighted by atomic mass is 32.2. The Labute approximate surface area is 121 Å². The molecule has 6 nitrogen and oxygen atoms in total. The van der Waals surface area contributed by atoms with Gasteiger partial charge in [0.1, 0.15) is 4.90 Å². The highest BCUT2D eigenvalue weighted by Gasteiger charge is 2.32. The lowest BCUT2D eigenvalue weighted by Gasteiger charge is -2.17. The predicted molar refractivity (Wildman–Crippen MR) is 77.9 cm³/mol. The standard InChI is InChI=1S/C13H24N4O2S/c1-4-7-14-8-12-13(10(2)15-16-12)20(18,19)17(3)9-11-5-6-11/h11,14H,4-9H2,1-3H3,(H,15,16). The summed E-state index contributed by atoms with van der Waals surface area (Å²) >= 11 is 0. The molecule has 114 valence electrons. The summed E-state index contributed by atoms with van der Waals surface area (Å²) in [5, 5.41) is 10.1. The van der Waals surface area contributed by atoms with Crippen LogP contribution in [-0.2, 0) is 16.6 Å². The molecule has 1 aliphatic carbocycles. The lowest BCUT2D eigenvalue weighted by molar-refractivity contribution is 0.451. The fraction of sp³-hybridized carbons (Fsp3) is 0.769. The molecule has 1 aromatic rings. The molecular weight excluding hydrogens is 276 g/mol. The van der Waals surface area contributed by atoms with E-state index in [1.165, 1.54) is 4.31 Å². The number of nitrogens with zero attached hydrogens (tertiary/aromatic N) is 2. The van der Waals surface area contributed by atoms with Gasteiger partial charge in [-0.3, -0.25) is 5.10 Å². The van der Waals surface area contributed by atoms with E-state index in [9.17, 15) is 8.42 Å². The molecule has 2 N–H and O–H groups in total. The molecule has 0 aromatic carbocycles. The molecule has 0 saturated heterocycles. The second kappa shape index (κ2) is 6.24. The summed E-state index contributed by atoms with van der Waals surface area (Å²) in [6, 6.07) is 0. The van der Waals surface area contributed by atoms with Crippen LogP contribution in [0.5, 0.6) is 0 Å². The average Bonchev–Trinajstić information content (AvgIpc) is 3.12. The van der Waals surface area contributed by atoms with Gasteiger partial charge in [0.25, 0.3) is 0 Å². The van der Waals surface area contributed by atoms with Crippen LogP contribution in [0.4, 0.5) is 0 Å². The number of sulfonamides is 1. The van der Waals surface area contributed by atoms with Gasteiger partial charge in [-0.05, 0) is 38.6 Å². The van der Waals surface area contributed by atoms with E-state index in [2.05, 4.69) is 22.4 Å². The Kier molecular flexibility index (Phi) is 4.82. The van der Waals surface area contributed by atoms with E-state index >= 15 is 0 Å². The summed E-state index contributed by atoms with van der Waals surface area (Å²) in [5.74, 6) is 0.531. The third-order valence-corrected chi connectivity index (χ3v) is 5.59. The minimum Gasteiger partial charge on any atom is -0.311 e. The first-order valence-electron chi connectivity index (χ1n) is 7.17. The van der Waals surface area contributed by atoms with E-state index < -0.39 is 10.0 Å². The maximum Gasteiger partial charge on any atom is 0.246 e. The number of rotatable bonds is 8. The number of nitrogens with one attached hydrogen (secondary N) is 2. The zero-order valence-corrected chi connectivity index (χ0v) is 13.3. The zero-order valence-electron chi connectivity index (χ0n) is 12.4. The molecule has 0 bridgehead atoms. The molecule has 1 fully saturated rings. The van der Waals surface area contributed by atoms with Crippen molar-refractivity contribution in [2.45, 2.75) is 44.6 Å². The number of aromatic amines is 1. The summed E-state index contributed by atoms with van der Waals surface area (Å²) in [5.41, 5.74) is 1.19. The van der Waals surface area contributed by atoms with Gasteiger partial charge in [0.15, 0.2) is 0 Å². The number of hydrogen-bond donors (Lipinski definition) is 2. The van der Waals surface area contributed by atoms with Crippen molar-refractivity contribution in [3.63, 3.8) is 0 Å². The van der Waals surface area contributed by atoms with Gasteiger partial charge >= 0.3 is 0 Å². The van der Waals surface area contributed by atoms with Crippen molar-refractivity contribution < 1.29 is 8.42 Å². The summed E-state index contributed by atoms with van der Waals surface area (Å²) in [6.07, 6.45) is 3.28. The average molecular weight is 300 g/mol. The number of H-pyrrole nitrogens is 1. The minimum absolute atomic E-state index is 0.337. The van der Waals surface area contributed by atoms with E-state index in [4.69, 9.17) is 0 Å². The van der Waals surface area contributed by atoms with E-state index in [0.717, 1.165) is 25.8 Å². The molecule has 7 heteroatoms. The van der Waals surface area contributed by atoms with Crippen LogP contribution in [0.2, 0.25) is 0 Å². The number of hydrogen-bond acceptors (Lipinski definition) is 4. The van der Waals surface area contributed by atoms with Crippen molar-refractivity contribution in [2.75, 3.05) is 20.1 Å². The zero-order chi connectivity index (χ0) is 14.8. The Balaban J connectivity index is 2.18. The Bertz CT molecular complexity index is 549. The molecule has 0 spiro atoms. The first kappa shape index (κ1) is 15.5. The molecule has 2 rings (SSSR count). The van der Waals surface area contributed by atoms with E-state index in [0.29, 0.717) is 35.3 Å². The van der Waals surface area contributed by atoms with Crippen molar-refractivity contribution in [1.82, 2.24) is 19.8 Å². The molecule has 0 unspecified atom stereocenters. The lowest BCUT2D eigenvalue weighted by Crippen LogP contribution is -2.30.